The van der Waals surface area contributed by atoms with E-state index in [1.54, 1.807) is 6.07 Å². The molecule has 1 aromatic heterocycles. The first-order valence-corrected chi connectivity index (χ1v) is 8.55. The molecule has 24 heavy (non-hydrogen) atoms. The molecule has 4 nitrogen and oxygen atoms in total. The third kappa shape index (κ3) is 4.52. The van der Waals surface area contributed by atoms with Gasteiger partial charge in [-0.25, -0.2) is 4.98 Å². The van der Waals surface area contributed by atoms with E-state index in [0.29, 0.717) is 5.39 Å². The van der Waals surface area contributed by atoms with Gasteiger partial charge in [0.05, 0.1) is 10.9 Å². The minimum absolute atomic E-state index is 0.0496. The number of nitrogens with one attached hydrogen (secondary N) is 2. The first-order valence-electron chi connectivity index (χ1n) is 8.55. The highest BCUT2D eigenvalue weighted by atomic mass is 16.1. The van der Waals surface area contributed by atoms with E-state index in [0.717, 1.165) is 50.1 Å². The number of benzene rings is 2. The molecule has 0 atom stereocenters. The molecule has 0 saturated carbocycles. The smallest absolute Gasteiger partial charge is 0.258 e. The van der Waals surface area contributed by atoms with Gasteiger partial charge in [-0.05, 0) is 50.0 Å². The zero-order chi connectivity index (χ0) is 16.6. The summed E-state index contributed by atoms with van der Waals surface area (Å²) in [5, 5.41) is 4.11. The van der Waals surface area contributed by atoms with Crippen LogP contribution in [0.15, 0.2) is 59.4 Å². The van der Waals surface area contributed by atoms with Crippen LogP contribution in [-0.2, 0) is 12.8 Å². The minimum atomic E-state index is -0.0496. The Morgan fingerprint density at radius 3 is 2.42 bits per heavy atom. The van der Waals surface area contributed by atoms with Gasteiger partial charge in [-0.3, -0.25) is 4.79 Å². The number of hydrogen-bond donors (Lipinski definition) is 2. The van der Waals surface area contributed by atoms with Gasteiger partial charge in [0.25, 0.3) is 5.56 Å². The molecule has 2 N–H and O–H groups in total. The lowest BCUT2D eigenvalue weighted by atomic mass is 10.1. The number of hydrogen-bond acceptors (Lipinski definition) is 3. The number of aromatic nitrogens is 2. The van der Waals surface area contributed by atoms with E-state index in [9.17, 15) is 4.79 Å². The Morgan fingerprint density at radius 1 is 0.875 bits per heavy atom. The SMILES string of the molecule is O=c1[nH]c(CCCNCCCc2ccccc2)nc2ccccc12. The third-order valence-electron chi connectivity index (χ3n) is 4.09. The molecule has 1 heterocycles. The van der Waals surface area contributed by atoms with E-state index in [2.05, 4.69) is 39.6 Å². The standard InChI is InChI=1S/C20H23N3O/c24-20-17-11-4-5-12-18(17)22-19(23-20)13-7-15-21-14-6-10-16-8-2-1-3-9-16/h1-5,8-9,11-12,21H,6-7,10,13-15H2,(H,22,23,24). The molecule has 4 heteroatoms. The molecule has 0 spiro atoms. The molecular formula is C20H23N3O. The Hall–Kier alpha value is -2.46. The van der Waals surface area contributed by atoms with Gasteiger partial charge in [-0.2, -0.15) is 0 Å². The minimum Gasteiger partial charge on any atom is -0.317 e. The van der Waals surface area contributed by atoms with Crippen molar-refractivity contribution in [3.05, 3.63) is 76.3 Å². The molecule has 3 aromatic rings. The Balaban J connectivity index is 1.38. The predicted octanol–water partition coefficient (Wildman–Crippen LogP) is 3.08. The van der Waals surface area contributed by atoms with Crippen molar-refractivity contribution in [2.75, 3.05) is 13.1 Å². The number of aromatic amines is 1. The molecule has 2 aromatic carbocycles. The average Bonchev–Trinajstić information content (AvgIpc) is 2.62. The largest absolute Gasteiger partial charge is 0.317 e. The molecule has 0 fully saturated rings. The number of para-hydroxylation sites is 1. The van der Waals surface area contributed by atoms with E-state index in [1.807, 2.05) is 24.3 Å². The van der Waals surface area contributed by atoms with Gasteiger partial charge < -0.3 is 10.3 Å². The Bertz CT molecular complexity index is 827. The summed E-state index contributed by atoms with van der Waals surface area (Å²) in [7, 11) is 0. The lowest BCUT2D eigenvalue weighted by molar-refractivity contribution is 0.615. The van der Waals surface area contributed by atoms with Gasteiger partial charge in [-0.1, -0.05) is 42.5 Å². The van der Waals surface area contributed by atoms with Gasteiger partial charge in [0.1, 0.15) is 5.82 Å². The van der Waals surface area contributed by atoms with Crippen molar-refractivity contribution in [2.45, 2.75) is 25.7 Å². The third-order valence-corrected chi connectivity index (χ3v) is 4.09. The van der Waals surface area contributed by atoms with E-state index in [1.165, 1.54) is 5.56 Å². The van der Waals surface area contributed by atoms with Crippen molar-refractivity contribution >= 4 is 10.9 Å². The molecule has 3 rings (SSSR count). The Labute approximate surface area is 142 Å². The van der Waals surface area contributed by atoms with Crippen LogP contribution in [0.1, 0.15) is 24.2 Å². The zero-order valence-corrected chi connectivity index (χ0v) is 13.8. The zero-order valence-electron chi connectivity index (χ0n) is 13.8. The number of rotatable bonds is 8. The molecule has 0 aliphatic heterocycles. The normalized spacial score (nSPS) is 11.0. The van der Waals surface area contributed by atoms with Crippen LogP contribution >= 0.6 is 0 Å². The van der Waals surface area contributed by atoms with Crippen LogP contribution in [0.5, 0.6) is 0 Å². The van der Waals surface area contributed by atoms with Crippen LogP contribution in [-0.4, -0.2) is 23.1 Å². The highest BCUT2D eigenvalue weighted by molar-refractivity contribution is 5.77. The topological polar surface area (TPSA) is 57.8 Å². The highest BCUT2D eigenvalue weighted by Gasteiger charge is 2.02. The van der Waals surface area contributed by atoms with E-state index >= 15 is 0 Å². The maximum atomic E-state index is 12.0. The van der Waals surface area contributed by atoms with Crippen molar-refractivity contribution < 1.29 is 0 Å². The second-order valence-electron chi connectivity index (χ2n) is 5.97. The van der Waals surface area contributed by atoms with Gasteiger partial charge in [0, 0.05) is 6.42 Å². The summed E-state index contributed by atoms with van der Waals surface area (Å²) in [6.45, 7) is 1.95. The van der Waals surface area contributed by atoms with Crippen molar-refractivity contribution in [1.82, 2.24) is 15.3 Å². The first kappa shape index (κ1) is 16.4. The quantitative estimate of drug-likeness (QED) is 0.627. The van der Waals surface area contributed by atoms with Gasteiger partial charge in [0.2, 0.25) is 0 Å². The molecule has 0 aliphatic carbocycles. The Morgan fingerprint density at radius 2 is 1.58 bits per heavy atom. The molecular weight excluding hydrogens is 298 g/mol. The summed E-state index contributed by atoms with van der Waals surface area (Å²) in [6.07, 6.45) is 3.99. The van der Waals surface area contributed by atoms with Crippen LogP contribution < -0.4 is 10.9 Å². The van der Waals surface area contributed by atoms with Crippen molar-refractivity contribution in [3.8, 4) is 0 Å². The number of nitrogens with zero attached hydrogens (tertiary/aromatic N) is 1. The summed E-state index contributed by atoms with van der Waals surface area (Å²) >= 11 is 0. The second-order valence-corrected chi connectivity index (χ2v) is 5.97. The van der Waals surface area contributed by atoms with Crippen LogP contribution in [0.4, 0.5) is 0 Å². The fourth-order valence-corrected chi connectivity index (χ4v) is 2.82. The average molecular weight is 321 g/mol. The van der Waals surface area contributed by atoms with Crippen LogP contribution in [0.2, 0.25) is 0 Å². The monoisotopic (exact) mass is 321 g/mol. The molecule has 0 radical (unpaired) electrons. The van der Waals surface area contributed by atoms with E-state index in [-0.39, 0.29) is 5.56 Å². The lowest BCUT2D eigenvalue weighted by Crippen LogP contribution is -2.19. The summed E-state index contributed by atoms with van der Waals surface area (Å²) in [5.41, 5.74) is 2.11. The van der Waals surface area contributed by atoms with Gasteiger partial charge in [0.15, 0.2) is 0 Å². The highest BCUT2D eigenvalue weighted by Crippen LogP contribution is 2.06. The molecule has 124 valence electrons. The maximum absolute atomic E-state index is 12.0. The molecule has 0 aliphatic rings. The fraction of sp³-hybridized carbons (Fsp3) is 0.300. The molecule has 0 bridgehead atoms. The second kappa shape index (κ2) is 8.41. The lowest BCUT2D eigenvalue weighted by Gasteiger charge is -2.06. The summed E-state index contributed by atoms with van der Waals surface area (Å²) < 4.78 is 0. The number of H-pyrrole nitrogens is 1. The molecule has 0 saturated heterocycles. The molecule has 0 unspecified atom stereocenters. The maximum Gasteiger partial charge on any atom is 0.258 e. The van der Waals surface area contributed by atoms with Gasteiger partial charge in [-0.15, -0.1) is 0 Å². The van der Waals surface area contributed by atoms with Crippen LogP contribution in [0, 0.1) is 0 Å². The molecule has 0 amide bonds. The van der Waals surface area contributed by atoms with E-state index in [4.69, 9.17) is 0 Å². The fourth-order valence-electron chi connectivity index (χ4n) is 2.82. The van der Waals surface area contributed by atoms with Crippen molar-refractivity contribution in [1.29, 1.82) is 0 Å². The van der Waals surface area contributed by atoms with Crippen molar-refractivity contribution in [2.24, 2.45) is 0 Å². The number of fused-ring (bicyclic) bond motifs is 1. The summed E-state index contributed by atoms with van der Waals surface area (Å²) in [6, 6.07) is 18.0. The Kier molecular flexibility index (Phi) is 5.75. The van der Waals surface area contributed by atoms with E-state index < -0.39 is 0 Å². The van der Waals surface area contributed by atoms with Crippen LogP contribution in [0.3, 0.4) is 0 Å². The summed E-state index contributed by atoms with van der Waals surface area (Å²) in [5.74, 6) is 0.768. The van der Waals surface area contributed by atoms with Crippen LogP contribution in [0.25, 0.3) is 10.9 Å². The van der Waals surface area contributed by atoms with Crippen molar-refractivity contribution in [3.63, 3.8) is 0 Å². The van der Waals surface area contributed by atoms with Gasteiger partial charge >= 0.3 is 0 Å². The summed E-state index contributed by atoms with van der Waals surface area (Å²) in [4.78, 5) is 19.4. The number of aryl methyl sites for hydroxylation is 2. The predicted molar refractivity (Wildman–Crippen MR) is 98.3 cm³/mol. The first-order chi connectivity index (χ1) is 11.8.